The fraction of sp³-hybridized carbons (Fsp3) is 0.588. The standard InChI is InChI=1S/C17H26N2O2/c1-18-17(21)14-9-7-13(8-10-14)11-19(2)12-15-5-3-4-6-16(15)20/h7-10,15-16,20H,3-6,11-12H2,1-2H3,(H,18,21). The Hall–Kier alpha value is -1.39. The predicted octanol–water partition coefficient (Wildman–Crippen LogP) is 2.03. The van der Waals surface area contributed by atoms with Gasteiger partial charge in [-0.1, -0.05) is 25.0 Å². The van der Waals surface area contributed by atoms with Crippen LogP contribution in [0.3, 0.4) is 0 Å². The molecule has 0 radical (unpaired) electrons. The van der Waals surface area contributed by atoms with Crippen LogP contribution in [0.5, 0.6) is 0 Å². The fourth-order valence-electron chi connectivity index (χ4n) is 3.08. The van der Waals surface area contributed by atoms with Crippen molar-refractivity contribution in [2.45, 2.75) is 38.3 Å². The highest BCUT2D eigenvalue weighted by Gasteiger charge is 2.23. The number of rotatable bonds is 5. The second-order valence-corrected chi connectivity index (χ2v) is 6.08. The topological polar surface area (TPSA) is 52.6 Å². The maximum Gasteiger partial charge on any atom is 0.251 e. The Morgan fingerprint density at radius 1 is 1.29 bits per heavy atom. The van der Waals surface area contributed by atoms with E-state index in [0.717, 1.165) is 32.4 Å². The molecule has 1 aliphatic carbocycles. The Morgan fingerprint density at radius 2 is 1.95 bits per heavy atom. The molecule has 1 aromatic carbocycles. The number of hydrogen-bond donors (Lipinski definition) is 2. The molecule has 1 aromatic rings. The number of nitrogens with zero attached hydrogens (tertiary/aromatic N) is 1. The molecule has 1 fully saturated rings. The third kappa shape index (κ3) is 4.55. The van der Waals surface area contributed by atoms with Crippen LogP contribution in [0.4, 0.5) is 0 Å². The van der Waals surface area contributed by atoms with Crippen molar-refractivity contribution in [2.75, 3.05) is 20.6 Å². The number of benzene rings is 1. The van der Waals surface area contributed by atoms with E-state index in [9.17, 15) is 9.90 Å². The van der Waals surface area contributed by atoms with Crippen molar-refractivity contribution in [3.05, 3.63) is 35.4 Å². The molecule has 1 amide bonds. The van der Waals surface area contributed by atoms with Crippen LogP contribution in [0.2, 0.25) is 0 Å². The summed E-state index contributed by atoms with van der Waals surface area (Å²) in [5.74, 6) is 0.342. The number of carbonyl (C=O) groups is 1. The Morgan fingerprint density at radius 3 is 2.57 bits per heavy atom. The first-order valence-electron chi connectivity index (χ1n) is 7.77. The number of carbonyl (C=O) groups excluding carboxylic acids is 1. The van der Waals surface area contributed by atoms with Gasteiger partial charge in [0, 0.05) is 25.7 Å². The third-order valence-corrected chi connectivity index (χ3v) is 4.31. The fourth-order valence-corrected chi connectivity index (χ4v) is 3.08. The molecule has 2 N–H and O–H groups in total. The minimum Gasteiger partial charge on any atom is -0.393 e. The molecular weight excluding hydrogens is 264 g/mol. The summed E-state index contributed by atoms with van der Waals surface area (Å²) in [6.45, 7) is 1.77. The first kappa shape index (κ1) is 16.0. The smallest absolute Gasteiger partial charge is 0.251 e. The maximum absolute atomic E-state index is 11.5. The van der Waals surface area contributed by atoms with Crippen LogP contribution in [0, 0.1) is 5.92 Å². The minimum absolute atomic E-state index is 0.0553. The molecular formula is C17H26N2O2. The van der Waals surface area contributed by atoms with Gasteiger partial charge >= 0.3 is 0 Å². The lowest BCUT2D eigenvalue weighted by Crippen LogP contribution is -2.34. The van der Waals surface area contributed by atoms with Crippen molar-refractivity contribution >= 4 is 5.91 Å². The normalized spacial score (nSPS) is 22.3. The molecule has 0 heterocycles. The van der Waals surface area contributed by atoms with Gasteiger partial charge in [-0.3, -0.25) is 4.79 Å². The lowest BCUT2D eigenvalue weighted by molar-refractivity contribution is 0.0501. The van der Waals surface area contributed by atoms with Crippen molar-refractivity contribution < 1.29 is 9.90 Å². The highest BCUT2D eigenvalue weighted by Crippen LogP contribution is 2.25. The summed E-state index contributed by atoms with van der Waals surface area (Å²) in [5, 5.41) is 12.7. The maximum atomic E-state index is 11.5. The van der Waals surface area contributed by atoms with E-state index in [4.69, 9.17) is 0 Å². The Labute approximate surface area is 127 Å². The average Bonchev–Trinajstić information content (AvgIpc) is 2.49. The molecule has 1 saturated carbocycles. The van der Waals surface area contributed by atoms with E-state index in [1.54, 1.807) is 7.05 Å². The molecule has 2 rings (SSSR count). The van der Waals surface area contributed by atoms with Crippen LogP contribution < -0.4 is 5.32 Å². The van der Waals surface area contributed by atoms with Crippen LogP contribution in [0.25, 0.3) is 0 Å². The molecule has 116 valence electrons. The second-order valence-electron chi connectivity index (χ2n) is 6.08. The second kappa shape index (κ2) is 7.57. The van der Waals surface area contributed by atoms with Crippen molar-refractivity contribution in [1.29, 1.82) is 0 Å². The van der Waals surface area contributed by atoms with E-state index in [1.165, 1.54) is 12.0 Å². The Balaban J connectivity index is 1.87. The van der Waals surface area contributed by atoms with Gasteiger partial charge in [0.25, 0.3) is 5.91 Å². The molecule has 2 atom stereocenters. The summed E-state index contributed by atoms with van der Waals surface area (Å²) in [5.41, 5.74) is 1.88. The Bertz CT molecular complexity index is 458. The van der Waals surface area contributed by atoms with E-state index in [-0.39, 0.29) is 12.0 Å². The first-order chi connectivity index (χ1) is 10.1. The zero-order valence-corrected chi connectivity index (χ0v) is 13.0. The van der Waals surface area contributed by atoms with E-state index in [1.807, 2.05) is 24.3 Å². The van der Waals surface area contributed by atoms with Crippen LogP contribution in [0.1, 0.15) is 41.6 Å². The molecule has 4 nitrogen and oxygen atoms in total. The van der Waals surface area contributed by atoms with Gasteiger partial charge in [-0.25, -0.2) is 0 Å². The summed E-state index contributed by atoms with van der Waals surface area (Å²) in [4.78, 5) is 13.8. The van der Waals surface area contributed by atoms with Gasteiger partial charge in [0.05, 0.1) is 6.10 Å². The minimum atomic E-state index is -0.142. The zero-order valence-electron chi connectivity index (χ0n) is 13.0. The van der Waals surface area contributed by atoms with Crippen molar-refractivity contribution in [3.8, 4) is 0 Å². The Kier molecular flexibility index (Phi) is 5.76. The first-order valence-corrected chi connectivity index (χ1v) is 7.77. The number of nitrogens with one attached hydrogen (secondary N) is 1. The lowest BCUT2D eigenvalue weighted by Gasteiger charge is -2.31. The number of aliphatic hydroxyl groups is 1. The summed E-state index contributed by atoms with van der Waals surface area (Å²) in [6, 6.07) is 7.71. The van der Waals surface area contributed by atoms with E-state index >= 15 is 0 Å². The van der Waals surface area contributed by atoms with Gasteiger partial charge in [0.1, 0.15) is 0 Å². The van der Waals surface area contributed by atoms with E-state index in [2.05, 4.69) is 17.3 Å². The molecule has 0 bridgehead atoms. The SMILES string of the molecule is CNC(=O)c1ccc(CN(C)CC2CCCCC2O)cc1. The molecule has 0 saturated heterocycles. The van der Waals surface area contributed by atoms with Gasteiger partial charge in [0.15, 0.2) is 0 Å². The van der Waals surface area contributed by atoms with Crippen molar-refractivity contribution in [3.63, 3.8) is 0 Å². The van der Waals surface area contributed by atoms with Crippen LogP contribution in [-0.4, -0.2) is 42.7 Å². The zero-order chi connectivity index (χ0) is 15.2. The van der Waals surface area contributed by atoms with Gasteiger partial charge in [-0.05, 0) is 43.5 Å². The molecule has 21 heavy (non-hydrogen) atoms. The van der Waals surface area contributed by atoms with Crippen LogP contribution >= 0.6 is 0 Å². The van der Waals surface area contributed by atoms with Gasteiger partial charge in [-0.2, -0.15) is 0 Å². The summed E-state index contributed by atoms with van der Waals surface area (Å²) >= 11 is 0. The van der Waals surface area contributed by atoms with Crippen molar-refractivity contribution in [1.82, 2.24) is 10.2 Å². The highest BCUT2D eigenvalue weighted by molar-refractivity contribution is 5.93. The molecule has 0 aliphatic heterocycles. The predicted molar refractivity (Wildman–Crippen MR) is 84.1 cm³/mol. The number of hydrogen-bond acceptors (Lipinski definition) is 3. The molecule has 0 aromatic heterocycles. The van der Waals surface area contributed by atoms with E-state index in [0.29, 0.717) is 11.5 Å². The lowest BCUT2D eigenvalue weighted by atomic mass is 9.86. The highest BCUT2D eigenvalue weighted by atomic mass is 16.3. The quantitative estimate of drug-likeness (QED) is 0.872. The molecule has 2 unspecified atom stereocenters. The summed E-state index contributed by atoms with van der Waals surface area (Å²) in [6.07, 6.45) is 4.32. The van der Waals surface area contributed by atoms with Crippen LogP contribution in [0.15, 0.2) is 24.3 Å². The largest absolute Gasteiger partial charge is 0.393 e. The summed E-state index contributed by atoms with van der Waals surface area (Å²) < 4.78 is 0. The molecule has 1 aliphatic rings. The monoisotopic (exact) mass is 290 g/mol. The van der Waals surface area contributed by atoms with Crippen LogP contribution in [-0.2, 0) is 6.54 Å². The number of aliphatic hydroxyl groups excluding tert-OH is 1. The van der Waals surface area contributed by atoms with Gasteiger partial charge in [0.2, 0.25) is 0 Å². The average molecular weight is 290 g/mol. The van der Waals surface area contributed by atoms with Gasteiger partial charge in [-0.15, -0.1) is 0 Å². The van der Waals surface area contributed by atoms with E-state index < -0.39 is 0 Å². The third-order valence-electron chi connectivity index (χ3n) is 4.31. The van der Waals surface area contributed by atoms with Gasteiger partial charge < -0.3 is 15.3 Å². The molecule has 0 spiro atoms. The molecule has 4 heteroatoms. The number of amides is 1. The van der Waals surface area contributed by atoms with Crippen molar-refractivity contribution in [2.24, 2.45) is 5.92 Å². The summed E-state index contributed by atoms with van der Waals surface area (Å²) in [7, 11) is 3.73.